The van der Waals surface area contributed by atoms with Crippen molar-refractivity contribution < 1.29 is 8.42 Å². The molecule has 0 aliphatic rings. The van der Waals surface area contributed by atoms with Crippen LogP contribution in [0.3, 0.4) is 0 Å². The number of thiophene rings is 1. The molecule has 2 aromatic heterocycles. The molecule has 0 amide bonds. The fourth-order valence-corrected chi connectivity index (χ4v) is 5.25. The smallest absolute Gasteiger partial charge is 0.266 e. The third kappa shape index (κ3) is 4.43. The third-order valence-corrected chi connectivity index (χ3v) is 6.94. The molecule has 130 valence electrons. The molecule has 0 aliphatic heterocycles. The molecule has 0 bridgehead atoms. The molecule has 3 aromatic rings. The van der Waals surface area contributed by atoms with Gasteiger partial charge in [0.05, 0.1) is 16.0 Å². The minimum atomic E-state index is -3.59. The molecule has 6 nitrogen and oxygen atoms in total. The second kappa shape index (κ2) is 7.61. The van der Waals surface area contributed by atoms with Crippen molar-refractivity contribution >= 4 is 37.3 Å². The van der Waals surface area contributed by atoms with Gasteiger partial charge in [-0.1, -0.05) is 30.3 Å². The van der Waals surface area contributed by atoms with E-state index in [-0.39, 0.29) is 22.9 Å². The van der Waals surface area contributed by atoms with Gasteiger partial charge >= 0.3 is 0 Å². The van der Waals surface area contributed by atoms with Gasteiger partial charge in [-0.25, -0.2) is 17.8 Å². The van der Waals surface area contributed by atoms with Crippen LogP contribution >= 0.6 is 27.3 Å². The van der Waals surface area contributed by atoms with Crippen LogP contribution in [0.1, 0.15) is 0 Å². The van der Waals surface area contributed by atoms with E-state index in [0.717, 1.165) is 20.7 Å². The van der Waals surface area contributed by atoms with E-state index in [0.29, 0.717) is 5.69 Å². The summed E-state index contributed by atoms with van der Waals surface area (Å²) in [5, 5.41) is 4.30. The number of aromatic nitrogens is 2. The first-order valence-corrected chi connectivity index (χ1v) is 10.4. The number of rotatable bonds is 6. The van der Waals surface area contributed by atoms with Gasteiger partial charge < -0.3 is 0 Å². The molecule has 0 fully saturated rings. The summed E-state index contributed by atoms with van der Waals surface area (Å²) in [6.45, 7) is 0.217. The molecule has 0 atom stereocenters. The van der Waals surface area contributed by atoms with E-state index in [1.54, 1.807) is 12.1 Å². The topological polar surface area (TPSA) is 81.1 Å². The van der Waals surface area contributed by atoms with E-state index in [2.05, 4.69) is 25.8 Å². The first-order chi connectivity index (χ1) is 12.0. The van der Waals surface area contributed by atoms with Crippen LogP contribution < -0.4 is 10.3 Å². The zero-order chi connectivity index (χ0) is 17.9. The lowest BCUT2D eigenvalue weighted by Crippen LogP contribution is -2.31. The second-order valence-corrected chi connectivity index (χ2v) is 9.56. The van der Waals surface area contributed by atoms with Gasteiger partial charge in [-0.05, 0) is 34.1 Å². The van der Waals surface area contributed by atoms with Gasteiger partial charge in [0.1, 0.15) is 4.21 Å². The van der Waals surface area contributed by atoms with Crippen LogP contribution in [0.25, 0.3) is 11.3 Å². The van der Waals surface area contributed by atoms with Gasteiger partial charge in [-0.15, -0.1) is 11.3 Å². The Labute approximate surface area is 157 Å². The Balaban J connectivity index is 1.72. The average molecular weight is 440 g/mol. The first-order valence-electron chi connectivity index (χ1n) is 7.34. The SMILES string of the molecule is O=c1ccc(-c2ccccc2)nn1CCNS(=O)(=O)c1ccc(Br)s1. The fraction of sp³-hybridized carbons (Fsp3) is 0.125. The molecule has 25 heavy (non-hydrogen) atoms. The molecule has 1 aromatic carbocycles. The Kier molecular flexibility index (Phi) is 5.48. The van der Waals surface area contributed by atoms with Crippen molar-refractivity contribution in [1.82, 2.24) is 14.5 Å². The molecule has 2 heterocycles. The van der Waals surface area contributed by atoms with Crippen LogP contribution in [0.4, 0.5) is 0 Å². The predicted octanol–water partition coefficient (Wildman–Crippen LogP) is 2.71. The third-order valence-electron chi connectivity index (χ3n) is 3.37. The summed E-state index contributed by atoms with van der Waals surface area (Å²) < 4.78 is 29.1. The van der Waals surface area contributed by atoms with Crippen molar-refractivity contribution in [3.05, 3.63) is 68.7 Å². The van der Waals surface area contributed by atoms with E-state index in [1.165, 1.54) is 16.8 Å². The highest BCUT2D eigenvalue weighted by molar-refractivity contribution is 9.11. The molecule has 0 unspecified atom stereocenters. The largest absolute Gasteiger partial charge is 0.268 e. The van der Waals surface area contributed by atoms with Crippen molar-refractivity contribution in [3.8, 4) is 11.3 Å². The molecule has 3 rings (SSSR count). The lowest BCUT2D eigenvalue weighted by molar-refractivity contribution is 0.550. The van der Waals surface area contributed by atoms with Crippen LogP contribution in [0.2, 0.25) is 0 Å². The summed E-state index contributed by atoms with van der Waals surface area (Å²) in [5.74, 6) is 0. The van der Waals surface area contributed by atoms with Gasteiger partial charge in [0.15, 0.2) is 0 Å². The Bertz CT molecular complexity index is 1030. The molecular formula is C16H14BrN3O3S2. The molecule has 0 aliphatic carbocycles. The number of sulfonamides is 1. The highest BCUT2D eigenvalue weighted by atomic mass is 79.9. The summed E-state index contributed by atoms with van der Waals surface area (Å²) in [7, 11) is -3.59. The average Bonchev–Trinajstić information content (AvgIpc) is 3.05. The quantitative estimate of drug-likeness (QED) is 0.639. The van der Waals surface area contributed by atoms with Crippen molar-refractivity contribution in [1.29, 1.82) is 0 Å². The van der Waals surface area contributed by atoms with E-state index in [9.17, 15) is 13.2 Å². The molecule has 9 heteroatoms. The Morgan fingerprint density at radius 3 is 2.52 bits per heavy atom. The van der Waals surface area contributed by atoms with Crippen molar-refractivity contribution in [2.45, 2.75) is 10.8 Å². The molecule has 0 spiro atoms. The fourth-order valence-electron chi connectivity index (χ4n) is 2.17. The summed E-state index contributed by atoms with van der Waals surface area (Å²) in [6.07, 6.45) is 0. The van der Waals surface area contributed by atoms with Crippen LogP contribution in [0.5, 0.6) is 0 Å². The van der Waals surface area contributed by atoms with E-state index in [4.69, 9.17) is 0 Å². The zero-order valence-electron chi connectivity index (χ0n) is 12.9. The van der Waals surface area contributed by atoms with Crippen LogP contribution in [0, 0.1) is 0 Å². The number of halogens is 1. The summed E-state index contributed by atoms with van der Waals surface area (Å²) in [5.41, 5.74) is 1.27. The van der Waals surface area contributed by atoms with Crippen LogP contribution in [-0.2, 0) is 16.6 Å². The summed E-state index contributed by atoms with van der Waals surface area (Å²) in [4.78, 5) is 12.0. The van der Waals surface area contributed by atoms with E-state index < -0.39 is 10.0 Å². The lowest BCUT2D eigenvalue weighted by atomic mass is 10.1. The lowest BCUT2D eigenvalue weighted by Gasteiger charge is -2.08. The number of nitrogens with one attached hydrogen (secondary N) is 1. The monoisotopic (exact) mass is 439 g/mol. The Morgan fingerprint density at radius 2 is 1.84 bits per heavy atom. The maximum atomic E-state index is 12.2. The van der Waals surface area contributed by atoms with Gasteiger partial charge in [0.2, 0.25) is 10.0 Å². The molecule has 0 radical (unpaired) electrons. The van der Waals surface area contributed by atoms with Gasteiger partial charge in [0.25, 0.3) is 5.56 Å². The van der Waals surface area contributed by atoms with Gasteiger partial charge in [-0.2, -0.15) is 5.10 Å². The van der Waals surface area contributed by atoms with Crippen LogP contribution in [0.15, 0.2) is 67.4 Å². The minimum absolute atomic E-state index is 0.0724. The Hall–Kier alpha value is -1.81. The highest BCUT2D eigenvalue weighted by Gasteiger charge is 2.16. The number of nitrogens with zero attached hydrogens (tertiary/aromatic N) is 2. The molecule has 0 saturated carbocycles. The van der Waals surface area contributed by atoms with Gasteiger partial charge in [-0.3, -0.25) is 4.79 Å². The van der Waals surface area contributed by atoms with Crippen molar-refractivity contribution in [2.75, 3.05) is 6.54 Å². The van der Waals surface area contributed by atoms with Crippen molar-refractivity contribution in [2.24, 2.45) is 0 Å². The number of hydrogen-bond donors (Lipinski definition) is 1. The molecular weight excluding hydrogens is 426 g/mol. The highest BCUT2D eigenvalue weighted by Crippen LogP contribution is 2.25. The Morgan fingerprint density at radius 1 is 1.08 bits per heavy atom. The predicted molar refractivity (Wildman–Crippen MR) is 101 cm³/mol. The first kappa shape index (κ1) is 18.0. The molecule has 0 saturated heterocycles. The standard InChI is InChI=1S/C16H14BrN3O3S2/c17-14-7-9-16(24-14)25(22,23)18-10-11-20-15(21)8-6-13(19-20)12-4-2-1-3-5-12/h1-9,18H,10-11H2. The normalized spacial score (nSPS) is 11.6. The minimum Gasteiger partial charge on any atom is -0.268 e. The van der Waals surface area contributed by atoms with E-state index in [1.807, 2.05) is 30.3 Å². The number of hydrogen-bond acceptors (Lipinski definition) is 5. The van der Waals surface area contributed by atoms with E-state index >= 15 is 0 Å². The summed E-state index contributed by atoms with van der Waals surface area (Å²) in [6, 6.07) is 15.8. The van der Waals surface area contributed by atoms with Gasteiger partial charge in [0, 0.05) is 18.2 Å². The zero-order valence-corrected chi connectivity index (χ0v) is 16.1. The maximum absolute atomic E-state index is 12.2. The maximum Gasteiger partial charge on any atom is 0.266 e. The second-order valence-electron chi connectivity index (χ2n) is 5.10. The van der Waals surface area contributed by atoms with Crippen LogP contribution in [-0.4, -0.2) is 24.7 Å². The molecule has 1 N–H and O–H groups in total. The summed E-state index contributed by atoms with van der Waals surface area (Å²) >= 11 is 4.37. The van der Waals surface area contributed by atoms with Crippen molar-refractivity contribution in [3.63, 3.8) is 0 Å². The number of benzene rings is 1.